The monoisotopic (exact) mass is 269 g/mol. The molecule has 0 aliphatic carbocycles. The van der Waals surface area contributed by atoms with E-state index in [1.807, 2.05) is 30.5 Å². The van der Waals surface area contributed by atoms with Crippen molar-refractivity contribution in [3.05, 3.63) is 47.5 Å². The molecule has 1 amide bonds. The van der Waals surface area contributed by atoms with E-state index in [-0.39, 0.29) is 0 Å². The minimum atomic E-state index is -0.463. The molecule has 3 rings (SSSR count). The first kappa shape index (κ1) is 12.6. The number of aromatic nitrogens is 2. The maximum atomic E-state index is 12.1. The summed E-state index contributed by atoms with van der Waals surface area (Å²) in [4.78, 5) is 29.8. The topological polar surface area (TPSA) is 55.2 Å². The fraction of sp³-hybridized carbons (Fsp3) is 0.267. The van der Waals surface area contributed by atoms with Crippen LogP contribution in [0.15, 0.2) is 30.7 Å². The van der Waals surface area contributed by atoms with Gasteiger partial charge in [-0.25, -0.2) is 4.98 Å². The second-order valence-electron chi connectivity index (χ2n) is 4.91. The fourth-order valence-electron chi connectivity index (χ4n) is 2.50. The molecule has 5 heteroatoms. The number of aryl methyl sites for hydroxylation is 2. The van der Waals surface area contributed by atoms with Crippen LogP contribution in [0.1, 0.15) is 28.5 Å². The number of Topliss-reactive ketones (excluding diaryl/α,β-unsaturated/α-hetero) is 1. The Hall–Kier alpha value is -2.43. The number of amides is 1. The number of hydrogen-bond donors (Lipinski definition) is 0. The number of rotatable bonds is 3. The minimum Gasteiger partial charge on any atom is -0.333 e. The lowest BCUT2D eigenvalue weighted by Gasteiger charge is -2.17. The fourth-order valence-corrected chi connectivity index (χ4v) is 2.50. The molecule has 0 atom stereocenters. The Morgan fingerprint density at radius 3 is 2.80 bits per heavy atom. The van der Waals surface area contributed by atoms with Crippen LogP contribution < -0.4 is 4.90 Å². The van der Waals surface area contributed by atoms with Crippen LogP contribution >= 0.6 is 0 Å². The molecule has 5 nitrogen and oxygen atoms in total. The second-order valence-corrected chi connectivity index (χ2v) is 4.91. The number of anilines is 1. The number of carbonyl (C=O) groups is 2. The van der Waals surface area contributed by atoms with Crippen LogP contribution in [0, 0.1) is 6.92 Å². The van der Waals surface area contributed by atoms with Gasteiger partial charge in [0, 0.05) is 12.7 Å². The number of ketones is 1. The Morgan fingerprint density at radius 2 is 2.05 bits per heavy atom. The molecule has 0 saturated carbocycles. The van der Waals surface area contributed by atoms with Crippen LogP contribution in [0.4, 0.5) is 5.69 Å². The van der Waals surface area contributed by atoms with Crippen LogP contribution in [0.25, 0.3) is 0 Å². The van der Waals surface area contributed by atoms with Crippen LogP contribution in [-0.4, -0.2) is 21.2 Å². The van der Waals surface area contributed by atoms with Crippen molar-refractivity contribution < 1.29 is 9.59 Å². The lowest BCUT2D eigenvalue weighted by molar-refractivity contribution is -0.114. The van der Waals surface area contributed by atoms with Gasteiger partial charge in [0.15, 0.2) is 0 Å². The third kappa shape index (κ3) is 1.82. The van der Waals surface area contributed by atoms with Crippen molar-refractivity contribution in [3.63, 3.8) is 0 Å². The second kappa shape index (κ2) is 4.59. The highest BCUT2D eigenvalue weighted by atomic mass is 16.2. The number of nitrogens with zero attached hydrogens (tertiary/aromatic N) is 3. The molecule has 102 valence electrons. The van der Waals surface area contributed by atoms with Crippen LogP contribution in [0.5, 0.6) is 0 Å². The van der Waals surface area contributed by atoms with Gasteiger partial charge in [-0.1, -0.05) is 11.6 Å². The van der Waals surface area contributed by atoms with Gasteiger partial charge in [0.1, 0.15) is 0 Å². The van der Waals surface area contributed by atoms with E-state index in [0.717, 1.165) is 17.8 Å². The zero-order valence-corrected chi connectivity index (χ0v) is 11.5. The highest BCUT2D eigenvalue weighted by molar-refractivity contribution is 6.52. The van der Waals surface area contributed by atoms with Crippen molar-refractivity contribution in [2.45, 2.75) is 26.9 Å². The van der Waals surface area contributed by atoms with Crippen LogP contribution in [0.2, 0.25) is 0 Å². The van der Waals surface area contributed by atoms with E-state index in [4.69, 9.17) is 0 Å². The van der Waals surface area contributed by atoms with Gasteiger partial charge in [0.05, 0.1) is 29.8 Å². The molecule has 2 aromatic rings. The lowest BCUT2D eigenvalue weighted by atomic mass is 10.1. The first-order chi connectivity index (χ1) is 9.61. The highest BCUT2D eigenvalue weighted by Crippen LogP contribution is 2.30. The molecule has 0 spiro atoms. The first-order valence-corrected chi connectivity index (χ1v) is 6.57. The molecule has 0 radical (unpaired) electrons. The summed E-state index contributed by atoms with van der Waals surface area (Å²) in [6.45, 7) is 5.08. The predicted molar refractivity (Wildman–Crippen MR) is 74.6 cm³/mol. The van der Waals surface area contributed by atoms with Crippen LogP contribution in [0.3, 0.4) is 0 Å². The molecule has 0 N–H and O–H groups in total. The Morgan fingerprint density at radius 1 is 1.25 bits per heavy atom. The van der Waals surface area contributed by atoms with Gasteiger partial charge < -0.3 is 4.57 Å². The summed E-state index contributed by atoms with van der Waals surface area (Å²) in [5.74, 6) is -0.888. The largest absolute Gasteiger partial charge is 0.333 e. The molecule has 0 bridgehead atoms. The molecule has 0 unspecified atom stereocenters. The number of hydrogen-bond acceptors (Lipinski definition) is 3. The normalized spacial score (nSPS) is 14.0. The van der Waals surface area contributed by atoms with E-state index < -0.39 is 11.7 Å². The van der Waals surface area contributed by atoms with Crippen LogP contribution in [-0.2, 0) is 17.9 Å². The summed E-state index contributed by atoms with van der Waals surface area (Å²) in [5.41, 5.74) is 3.08. The number of fused-ring (bicyclic) bond motifs is 1. The van der Waals surface area contributed by atoms with Crippen molar-refractivity contribution in [2.75, 3.05) is 4.90 Å². The van der Waals surface area contributed by atoms with Crippen molar-refractivity contribution in [1.82, 2.24) is 9.55 Å². The smallest absolute Gasteiger partial charge is 0.299 e. The maximum absolute atomic E-state index is 12.1. The molecule has 1 aromatic heterocycles. The Labute approximate surface area is 116 Å². The zero-order valence-electron chi connectivity index (χ0n) is 11.5. The average molecular weight is 269 g/mol. The molecular weight excluding hydrogens is 254 g/mol. The summed E-state index contributed by atoms with van der Waals surface area (Å²) >= 11 is 0. The van der Waals surface area contributed by atoms with E-state index in [1.54, 1.807) is 18.6 Å². The SMILES string of the molecule is CCn1cncc1CN1C(=O)C(=O)c2cc(C)ccc21. The number of benzene rings is 1. The predicted octanol–water partition coefficient (Wildman–Crippen LogP) is 1.94. The minimum absolute atomic E-state index is 0.370. The molecule has 1 aliphatic rings. The Balaban J connectivity index is 1.99. The molecule has 0 saturated heterocycles. The number of imidazole rings is 1. The van der Waals surface area contributed by atoms with Gasteiger partial charge in [-0.05, 0) is 26.0 Å². The van der Waals surface area contributed by atoms with E-state index in [9.17, 15) is 9.59 Å². The summed E-state index contributed by atoms with van der Waals surface area (Å²) in [7, 11) is 0. The molecule has 0 fully saturated rings. The molecule has 20 heavy (non-hydrogen) atoms. The van der Waals surface area contributed by atoms with E-state index in [2.05, 4.69) is 4.98 Å². The lowest BCUT2D eigenvalue weighted by Crippen LogP contribution is -2.30. The molecular formula is C15H15N3O2. The van der Waals surface area contributed by atoms with Gasteiger partial charge >= 0.3 is 0 Å². The third-order valence-electron chi connectivity index (χ3n) is 3.59. The van der Waals surface area contributed by atoms with Gasteiger partial charge in [-0.3, -0.25) is 14.5 Å². The standard InChI is InChI=1S/C15H15N3O2/c1-3-17-9-16-7-11(17)8-18-13-5-4-10(2)6-12(13)14(19)15(18)20/h4-7,9H,3,8H2,1-2H3. The summed E-state index contributed by atoms with van der Waals surface area (Å²) in [5, 5.41) is 0. The molecule has 1 aliphatic heterocycles. The van der Waals surface area contributed by atoms with Gasteiger partial charge in [0.25, 0.3) is 11.7 Å². The summed E-state index contributed by atoms with van der Waals surface area (Å²) < 4.78 is 1.96. The summed E-state index contributed by atoms with van der Waals surface area (Å²) in [6, 6.07) is 5.52. The van der Waals surface area contributed by atoms with E-state index in [0.29, 0.717) is 17.8 Å². The van der Waals surface area contributed by atoms with Gasteiger partial charge in [0.2, 0.25) is 0 Å². The van der Waals surface area contributed by atoms with E-state index in [1.165, 1.54) is 4.90 Å². The quantitative estimate of drug-likeness (QED) is 0.800. The number of carbonyl (C=O) groups excluding carboxylic acids is 2. The molecule has 1 aromatic carbocycles. The van der Waals surface area contributed by atoms with Crippen molar-refractivity contribution in [2.24, 2.45) is 0 Å². The average Bonchev–Trinajstić information content (AvgIpc) is 2.98. The van der Waals surface area contributed by atoms with E-state index >= 15 is 0 Å². The zero-order chi connectivity index (χ0) is 14.3. The summed E-state index contributed by atoms with van der Waals surface area (Å²) in [6.07, 6.45) is 3.46. The Kier molecular flexibility index (Phi) is 2.89. The third-order valence-corrected chi connectivity index (χ3v) is 3.59. The maximum Gasteiger partial charge on any atom is 0.299 e. The molecule has 2 heterocycles. The first-order valence-electron chi connectivity index (χ1n) is 6.57. The van der Waals surface area contributed by atoms with Crippen molar-refractivity contribution >= 4 is 17.4 Å². The van der Waals surface area contributed by atoms with Gasteiger partial charge in [-0.15, -0.1) is 0 Å². The van der Waals surface area contributed by atoms with Crippen molar-refractivity contribution in [3.8, 4) is 0 Å². The van der Waals surface area contributed by atoms with Gasteiger partial charge in [-0.2, -0.15) is 0 Å². The van der Waals surface area contributed by atoms with Crippen molar-refractivity contribution in [1.29, 1.82) is 0 Å². The Bertz CT molecular complexity index is 703. The highest BCUT2D eigenvalue weighted by Gasteiger charge is 2.36.